The summed E-state index contributed by atoms with van der Waals surface area (Å²) in [7, 11) is 0. The van der Waals surface area contributed by atoms with Gasteiger partial charge in [-0.15, -0.1) is 0 Å². The first-order chi connectivity index (χ1) is 12.1. The third-order valence-electron chi connectivity index (χ3n) is 5.03. The monoisotopic (exact) mass is 340 g/mol. The van der Waals surface area contributed by atoms with Crippen molar-refractivity contribution in [1.82, 2.24) is 20.3 Å². The van der Waals surface area contributed by atoms with Crippen molar-refractivity contribution in [3.05, 3.63) is 46.6 Å². The molecule has 2 aromatic heterocycles. The number of rotatable bonds is 6. The number of nitrogens with zero attached hydrogens (tertiary/aromatic N) is 2. The zero-order chi connectivity index (χ0) is 17.6. The summed E-state index contributed by atoms with van der Waals surface area (Å²) in [6, 6.07) is 5.47. The highest BCUT2D eigenvalue weighted by Crippen LogP contribution is 2.26. The van der Waals surface area contributed by atoms with Crippen LogP contribution in [0.2, 0.25) is 0 Å². The maximum atomic E-state index is 12.2. The Balaban J connectivity index is 1.81. The molecule has 1 aliphatic rings. The van der Waals surface area contributed by atoms with E-state index in [-0.39, 0.29) is 11.6 Å². The highest BCUT2D eigenvalue weighted by atomic mass is 16.1. The largest absolute Gasteiger partial charge is 0.308 e. The molecular weight excluding hydrogens is 312 g/mol. The minimum Gasteiger partial charge on any atom is -0.308 e. The number of pyridine rings is 1. The van der Waals surface area contributed by atoms with Crippen molar-refractivity contribution in [3.8, 4) is 11.4 Å². The molecule has 3 rings (SSSR count). The maximum Gasteiger partial charge on any atom is 0.251 e. The molecule has 1 fully saturated rings. The fourth-order valence-corrected chi connectivity index (χ4v) is 3.64. The van der Waals surface area contributed by atoms with Crippen LogP contribution in [0.1, 0.15) is 57.7 Å². The van der Waals surface area contributed by atoms with Gasteiger partial charge in [-0.2, -0.15) is 0 Å². The van der Waals surface area contributed by atoms with E-state index in [9.17, 15) is 4.79 Å². The molecule has 0 saturated heterocycles. The lowest BCUT2D eigenvalue weighted by Crippen LogP contribution is -2.33. The van der Waals surface area contributed by atoms with Crippen LogP contribution in [0.5, 0.6) is 0 Å². The molecule has 2 aromatic rings. The van der Waals surface area contributed by atoms with Gasteiger partial charge in [-0.25, -0.2) is 4.98 Å². The van der Waals surface area contributed by atoms with E-state index in [0.29, 0.717) is 11.7 Å². The van der Waals surface area contributed by atoms with Crippen LogP contribution in [0, 0.1) is 11.8 Å². The summed E-state index contributed by atoms with van der Waals surface area (Å²) in [5.41, 5.74) is 1.53. The van der Waals surface area contributed by atoms with Gasteiger partial charge in [0.1, 0.15) is 5.82 Å². The number of hydrogen-bond donors (Lipinski definition) is 2. The van der Waals surface area contributed by atoms with Crippen molar-refractivity contribution < 1.29 is 0 Å². The summed E-state index contributed by atoms with van der Waals surface area (Å²) in [5.74, 6) is 1.69. The summed E-state index contributed by atoms with van der Waals surface area (Å²) >= 11 is 0. The Morgan fingerprint density at radius 3 is 2.76 bits per heavy atom. The van der Waals surface area contributed by atoms with Gasteiger partial charge < -0.3 is 10.3 Å². The molecule has 5 heteroatoms. The number of aromatic nitrogens is 3. The molecule has 1 aliphatic carbocycles. The van der Waals surface area contributed by atoms with Gasteiger partial charge in [-0.05, 0) is 43.4 Å². The van der Waals surface area contributed by atoms with Crippen LogP contribution in [0.3, 0.4) is 0 Å². The third kappa shape index (κ3) is 4.75. The molecule has 25 heavy (non-hydrogen) atoms. The molecule has 0 radical (unpaired) electrons. The molecule has 0 aromatic carbocycles. The van der Waals surface area contributed by atoms with Crippen LogP contribution in [0.25, 0.3) is 11.4 Å². The second kappa shape index (κ2) is 8.39. The van der Waals surface area contributed by atoms with E-state index in [1.807, 2.05) is 12.1 Å². The van der Waals surface area contributed by atoms with Crippen LogP contribution in [-0.2, 0) is 0 Å². The van der Waals surface area contributed by atoms with Crippen LogP contribution in [0.15, 0.2) is 35.4 Å². The summed E-state index contributed by atoms with van der Waals surface area (Å²) < 4.78 is 0. The SMILES string of the molecule is CC(C)[C@H](NCC1CCCCC1)c1cc(=O)[nH]c(-c2cccnc2)n1. The van der Waals surface area contributed by atoms with Crippen molar-refractivity contribution in [1.29, 1.82) is 0 Å². The molecule has 2 N–H and O–H groups in total. The lowest BCUT2D eigenvalue weighted by Gasteiger charge is -2.27. The van der Waals surface area contributed by atoms with Crippen LogP contribution >= 0.6 is 0 Å². The zero-order valence-electron chi connectivity index (χ0n) is 15.2. The predicted molar refractivity (Wildman–Crippen MR) is 100 cm³/mol. The molecule has 5 nitrogen and oxygen atoms in total. The van der Waals surface area contributed by atoms with Gasteiger partial charge in [0.05, 0.1) is 11.7 Å². The van der Waals surface area contributed by atoms with Crippen molar-refractivity contribution >= 4 is 0 Å². The normalized spacial score (nSPS) is 16.9. The fourth-order valence-electron chi connectivity index (χ4n) is 3.64. The van der Waals surface area contributed by atoms with Gasteiger partial charge in [0, 0.05) is 24.0 Å². The third-order valence-corrected chi connectivity index (χ3v) is 5.03. The van der Waals surface area contributed by atoms with Gasteiger partial charge >= 0.3 is 0 Å². The minimum atomic E-state index is -0.117. The molecule has 1 atom stereocenters. The van der Waals surface area contributed by atoms with Crippen molar-refractivity contribution in [2.24, 2.45) is 11.8 Å². The first kappa shape index (κ1) is 17.8. The topological polar surface area (TPSA) is 70.7 Å². The molecule has 0 unspecified atom stereocenters. The number of nitrogens with one attached hydrogen (secondary N) is 2. The standard InChI is InChI=1S/C20H28N4O/c1-14(2)19(22-12-15-7-4-3-5-8-15)17-11-18(25)24-20(23-17)16-9-6-10-21-13-16/h6,9-11,13-15,19,22H,3-5,7-8,12H2,1-2H3,(H,23,24,25)/t19-/m0/s1. The first-order valence-corrected chi connectivity index (χ1v) is 9.38. The molecular formula is C20H28N4O. The van der Waals surface area contributed by atoms with Crippen molar-refractivity contribution in [3.63, 3.8) is 0 Å². The zero-order valence-corrected chi connectivity index (χ0v) is 15.2. The van der Waals surface area contributed by atoms with Crippen LogP contribution < -0.4 is 10.9 Å². The second-order valence-electron chi connectivity index (χ2n) is 7.39. The molecule has 0 spiro atoms. The summed E-state index contributed by atoms with van der Waals surface area (Å²) in [6.45, 7) is 5.34. The van der Waals surface area contributed by atoms with E-state index in [4.69, 9.17) is 4.98 Å². The Labute approximate surface area is 149 Å². The number of H-pyrrole nitrogens is 1. The highest BCUT2D eigenvalue weighted by molar-refractivity contribution is 5.52. The second-order valence-corrected chi connectivity index (χ2v) is 7.39. The number of aromatic amines is 1. The molecule has 0 bridgehead atoms. The van der Waals surface area contributed by atoms with E-state index in [2.05, 4.69) is 29.1 Å². The Morgan fingerprint density at radius 2 is 2.08 bits per heavy atom. The quantitative estimate of drug-likeness (QED) is 0.841. The van der Waals surface area contributed by atoms with Crippen LogP contribution in [0.4, 0.5) is 0 Å². The van der Waals surface area contributed by atoms with Gasteiger partial charge in [0.15, 0.2) is 0 Å². The highest BCUT2D eigenvalue weighted by Gasteiger charge is 2.21. The van der Waals surface area contributed by atoms with E-state index in [1.54, 1.807) is 18.5 Å². The number of hydrogen-bond acceptors (Lipinski definition) is 4. The molecule has 2 heterocycles. The molecule has 0 aliphatic heterocycles. The average Bonchev–Trinajstić information content (AvgIpc) is 2.63. The van der Waals surface area contributed by atoms with Gasteiger partial charge in [-0.3, -0.25) is 9.78 Å². The predicted octanol–water partition coefficient (Wildman–Crippen LogP) is 3.70. The van der Waals surface area contributed by atoms with E-state index in [1.165, 1.54) is 32.1 Å². The summed E-state index contributed by atoms with van der Waals surface area (Å²) in [4.78, 5) is 23.9. The maximum absolute atomic E-state index is 12.2. The lowest BCUT2D eigenvalue weighted by molar-refractivity contribution is 0.305. The summed E-state index contributed by atoms with van der Waals surface area (Å²) in [5, 5.41) is 3.68. The van der Waals surface area contributed by atoms with Gasteiger partial charge in [0.2, 0.25) is 0 Å². The van der Waals surface area contributed by atoms with E-state index >= 15 is 0 Å². The van der Waals surface area contributed by atoms with Crippen LogP contribution in [-0.4, -0.2) is 21.5 Å². The van der Waals surface area contributed by atoms with Gasteiger partial charge in [-0.1, -0.05) is 33.1 Å². The Bertz CT molecular complexity index is 720. The Hall–Kier alpha value is -2.01. The Kier molecular flexibility index (Phi) is 5.97. The van der Waals surface area contributed by atoms with Crippen molar-refractivity contribution in [2.45, 2.75) is 52.0 Å². The smallest absolute Gasteiger partial charge is 0.251 e. The fraction of sp³-hybridized carbons (Fsp3) is 0.550. The molecule has 134 valence electrons. The van der Waals surface area contributed by atoms with E-state index in [0.717, 1.165) is 23.7 Å². The van der Waals surface area contributed by atoms with E-state index < -0.39 is 0 Å². The minimum absolute atomic E-state index is 0.0830. The van der Waals surface area contributed by atoms with Crippen molar-refractivity contribution in [2.75, 3.05) is 6.54 Å². The average molecular weight is 340 g/mol. The molecule has 1 saturated carbocycles. The lowest BCUT2D eigenvalue weighted by atomic mass is 9.88. The summed E-state index contributed by atoms with van der Waals surface area (Å²) in [6.07, 6.45) is 10.1. The van der Waals surface area contributed by atoms with Gasteiger partial charge in [0.25, 0.3) is 5.56 Å². The Morgan fingerprint density at radius 1 is 1.28 bits per heavy atom. The molecule has 0 amide bonds. The first-order valence-electron chi connectivity index (χ1n) is 9.38.